The van der Waals surface area contributed by atoms with Crippen molar-refractivity contribution >= 4 is 39.0 Å². The molecule has 8 nitrogen and oxygen atoms in total. The number of hydrogen-bond donors (Lipinski definition) is 0. The molecule has 144 valence electrons. The number of thiophene rings is 1. The minimum absolute atomic E-state index is 0.0924. The molecule has 0 atom stereocenters. The van der Waals surface area contributed by atoms with Gasteiger partial charge in [0.05, 0.1) is 10.3 Å². The van der Waals surface area contributed by atoms with Crippen LogP contribution in [0.4, 0.5) is 5.69 Å². The predicted octanol–water partition coefficient (Wildman–Crippen LogP) is 4.20. The van der Waals surface area contributed by atoms with Gasteiger partial charge in [0.1, 0.15) is 15.9 Å². The van der Waals surface area contributed by atoms with Crippen LogP contribution in [-0.2, 0) is 6.54 Å². The number of hydrogen-bond acceptors (Lipinski definition) is 8. The van der Waals surface area contributed by atoms with Crippen molar-refractivity contribution in [2.45, 2.75) is 50.3 Å². The zero-order valence-corrected chi connectivity index (χ0v) is 17.2. The average Bonchev–Trinajstić information content (AvgIpc) is 2.95. The van der Waals surface area contributed by atoms with Crippen molar-refractivity contribution in [1.29, 1.82) is 5.26 Å². The van der Waals surface area contributed by atoms with E-state index in [-0.39, 0.29) is 16.9 Å². The highest BCUT2D eigenvalue weighted by Crippen LogP contribution is 2.31. The summed E-state index contributed by atoms with van der Waals surface area (Å²) in [4.78, 5) is 33.9. The highest BCUT2D eigenvalue weighted by Gasteiger charge is 2.20. The Hall–Kier alpha value is -2.77. The van der Waals surface area contributed by atoms with E-state index in [4.69, 9.17) is 5.26 Å². The van der Waals surface area contributed by atoms with Gasteiger partial charge in [-0.25, -0.2) is 9.97 Å². The van der Waals surface area contributed by atoms with Gasteiger partial charge in [-0.3, -0.25) is 19.5 Å². The number of rotatable bonds is 6. The van der Waals surface area contributed by atoms with Gasteiger partial charge < -0.3 is 0 Å². The van der Waals surface area contributed by atoms with Crippen LogP contribution in [-0.4, -0.2) is 19.5 Å². The van der Waals surface area contributed by atoms with Gasteiger partial charge in [0.2, 0.25) is 5.69 Å². The van der Waals surface area contributed by atoms with Gasteiger partial charge in [-0.15, -0.1) is 11.3 Å². The first-order valence-electron chi connectivity index (χ1n) is 8.61. The maximum atomic E-state index is 13.1. The van der Waals surface area contributed by atoms with Gasteiger partial charge in [0, 0.05) is 17.5 Å². The molecule has 0 amide bonds. The lowest BCUT2D eigenvalue weighted by Crippen LogP contribution is -2.23. The summed E-state index contributed by atoms with van der Waals surface area (Å²) in [5.41, 5.74) is 0.245. The molecule has 0 aliphatic carbocycles. The molecule has 3 heterocycles. The molecule has 3 rings (SSSR count). The van der Waals surface area contributed by atoms with Crippen LogP contribution < -0.4 is 5.56 Å². The van der Waals surface area contributed by atoms with Gasteiger partial charge in [0.25, 0.3) is 5.56 Å². The van der Waals surface area contributed by atoms with Crippen molar-refractivity contribution in [3.8, 4) is 6.07 Å². The summed E-state index contributed by atoms with van der Waals surface area (Å²) in [7, 11) is 0. The van der Waals surface area contributed by atoms with Gasteiger partial charge in [-0.05, 0) is 43.7 Å². The molecular formula is C18H17N5O3S2. The SMILES string of the molecule is CCCCn1c(Sc2ccc([N+](=O)[O-])c(C#N)n2)nc2sc(C)c(C)c2c1=O. The van der Waals surface area contributed by atoms with Gasteiger partial charge in [0.15, 0.2) is 5.16 Å². The molecule has 0 aliphatic rings. The lowest BCUT2D eigenvalue weighted by atomic mass is 10.2. The Labute approximate surface area is 169 Å². The Kier molecular flexibility index (Phi) is 5.76. The molecule has 28 heavy (non-hydrogen) atoms. The van der Waals surface area contributed by atoms with Crippen molar-refractivity contribution in [3.63, 3.8) is 0 Å². The van der Waals surface area contributed by atoms with E-state index in [1.54, 1.807) is 10.6 Å². The first-order valence-corrected chi connectivity index (χ1v) is 10.2. The van der Waals surface area contributed by atoms with E-state index in [1.165, 1.54) is 23.5 Å². The molecule has 0 fully saturated rings. The Morgan fingerprint density at radius 3 is 2.75 bits per heavy atom. The summed E-state index contributed by atoms with van der Waals surface area (Å²) >= 11 is 2.60. The number of aromatic nitrogens is 3. The molecule has 0 unspecified atom stereocenters. The van der Waals surface area contributed by atoms with Crippen molar-refractivity contribution < 1.29 is 4.92 Å². The van der Waals surface area contributed by atoms with Crippen molar-refractivity contribution in [2.24, 2.45) is 0 Å². The molecule has 10 heteroatoms. The van der Waals surface area contributed by atoms with Crippen molar-refractivity contribution in [2.75, 3.05) is 0 Å². The van der Waals surface area contributed by atoms with Crippen LogP contribution in [0.15, 0.2) is 27.1 Å². The van der Waals surface area contributed by atoms with E-state index in [1.807, 2.05) is 20.8 Å². The zero-order chi connectivity index (χ0) is 20.4. The number of nitro groups is 1. The number of nitriles is 1. The molecule has 3 aromatic rings. The molecular weight excluding hydrogens is 398 g/mol. The van der Waals surface area contributed by atoms with Crippen LogP contribution in [0.2, 0.25) is 0 Å². The second-order valence-corrected chi connectivity index (χ2v) is 8.35. The smallest absolute Gasteiger partial charge is 0.287 e. The van der Waals surface area contributed by atoms with Crippen LogP contribution in [0, 0.1) is 35.3 Å². The summed E-state index contributed by atoms with van der Waals surface area (Å²) in [5, 5.41) is 21.6. The topological polar surface area (TPSA) is 115 Å². The van der Waals surface area contributed by atoms with Crippen LogP contribution in [0.3, 0.4) is 0 Å². The van der Waals surface area contributed by atoms with Crippen molar-refractivity contribution in [1.82, 2.24) is 14.5 Å². The predicted molar refractivity (Wildman–Crippen MR) is 108 cm³/mol. The standard InChI is InChI=1S/C18H17N5O3S2/c1-4-5-8-22-17(24)15-10(2)11(3)27-16(15)21-18(22)28-14-7-6-13(23(25)26)12(9-19)20-14/h6-7H,4-5,8H2,1-3H3. The fourth-order valence-electron chi connectivity index (χ4n) is 2.71. The van der Waals surface area contributed by atoms with Crippen LogP contribution in [0.5, 0.6) is 0 Å². The third kappa shape index (κ3) is 3.63. The van der Waals surface area contributed by atoms with E-state index < -0.39 is 4.92 Å². The maximum Gasteiger partial charge on any atom is 0.305 e. The second-order valence-electron chi connectivity index (χ2n) is 6.16. The largest absolute Gasteiger partial charge is 0.305 e. The summed E-state index contributed by atoms with van der Waals surface area (Å²) in [6.45, 7) is 6.45. The maximum absolute atomic E-state index is 13.1. The fourth-order valence-corrected chi connectivity index (χ4v) is 4.67. The fraction of sp³-hybridized carbons (Fsp3) is 0.333. The highest BCUT2D eigenvalue weighted by atomic mass is 32.2. The molecule has 0 aromatic carbocycles. The van der Waals surface area contributed by atoms with Gasteiger partial charge in [-0.2, -0.15) is 5.26 Å². The third-order valence-corrected chi connectivity index (χ3v) is 6.37. The van der Waals surface area contributed by atoms with Crippen LogP contribution in [0.1, 0.15) is 35.9 Å². The lowest BCUT2D eigenvalue weighted by Gasteiger charge is -2.11. The normalized spacial score (nSPS) is 10.9. The summed E-state index contributed by atoms with van der Waals surface area (Å²) in [5.74, 6) is 0. The quantitative estimate of drug-likeness (QED) is 0.336. The Balaban J connectivity index is 2.13. The lowest BCUT2D eigenvalue weighted by molar-refractivity contribution is -0.385. The van der Waals surface area contributed by atoms with E-state index in [9.17, 15) is 14.9 Å². The second kappa shape index (κ2) is 8.08. The Morgan fingerprint density at radius 1 is 1.36 bits per heavy atom. The number of nitrogens with zero attached hydrogens (tertiary/aromatic N) is 5. The number of fused-ring (bicyclic) bond motifs is 1. The van der Waals surface area contributed by atoms with Gasteiger partial charge >= 0.3 is 5.69 Å². The first-order chi connectivity index (χ1) is 13.4. The molecule has 0 spiro atoms. The minimum atomic E-state index is -0.640. The average molecular weight is 416 g/mol. The highest BCUT2D eigenvalue weighted by molar-refractivity contribution is 7.99. The van der Waals surface area contributed by atoms with E-state index >= 15 is 0 Å². The van der Waals surface area contributed by atoms with Gasteiger partial charge in [-0.1, -0.05) is 13.3 Å². The van der Waals surface area contributed by atoms with E-state index in [0.29, 0.717) is 26.9 Å². The molecule has 0 saturated heterocycles. The molecule has 0 N–H and O–H groups in total. The molecule has 3 aromatic heterocycles. The van der Waals surface area contributed by atoms with E-state index in [2.05, 4.69) is 9.97 Å². The zero-order valence-electron chi connectivity index (χ0n) is 15.6. The van der Waals surface area contributed by atoms with E-state index in [0.717, 1.165) is 35.0 Å². The third-order valence-electron chi connectivity index (χ3n) is 4.34. The summed E-state index contributed by atoms with van der Waals surface area (Å²) in [6.07, 6.45) is 1.74. The summed E-state index contributed by atoms with van der Waals surface area (Å²) < 4.78 is 1.63. The van der Waals surface area contributed by atoms with Crippen LogP contribution in [0.25, 0.3) is 10.2 Å². The monoisotopic (exact) mass is 415 g/mol. The molecule has 0 aliphatic heterocycles. The Bertz CT molecular complexity index is 1180. The number of pyridine rings is 1. The Morgan fingerprint density at radius 2 is 2.11 bits per heavy atom. The summed E-state index contributed by atoms with van der Waals surface area (Å²) in [6, 6.07) is 4.47. The minimum Gasteiger partial charge on any atom is -0.287 e. The molecule has 0 radical (unpaired) electrons. The molecule has 0 bridgehead atoms. The first kappa shape index (κ1) is 20.0. The number of aryl methyl sites for hydroxylation is 2. The number of unbranched alkanes of at least 4 members (excludes halogenated alkanes) is 1. The molecule has 0 saturated carbocycles. The van der Waals surface area contributed by atoms with Crippen molar-refractivity contribution in [3.05, 3.63) is 48.7 Å². The van der Waals surface area contributed by atoms with Crippen LogP contribution >= 0.6 is 23.1 Å².